The Labute approximate surface area is 93.3 Å². The molecule has 1 N–H and O–H groups in total. The molecule has 1 aromatic carbocycles. The van der Waals surface area contributed by atoms with E-state index in [1.165, 1.54) is 18.4 Å². The fourth-order valence-corrected chi connectivity index (χ4v) is 2.55. The van der Waals surface area contributed by atoms with Gasteiger partial charge in [0.25, 0.3) is 0 Å². The summed E-state index contributed by atoms with van der Waals surface area (Å²) in [6.45, 7) is 0.226. The predicted octanol–water partition coefficient (Wildman–Crippen LogP) is 1.04. The van der Waals surface area contributed by atoms with Crippen molar-refractivity contribution in [2.24, 2.45) is 0 Å². The lowest BCUT2D eigenvalue weighted by molar-refractivity contribution is 0.291. The highest BCUT2D eigenvalue weighted by molar-refractivity contribution is 7.90. The van der Waals surface area contributed by atoms with Crippen LogP contribution in [0.5, 0.6) is 5.75 Å². The van der Waals surface area contributed by atoms with Crippen LogP contribution in [-0.2, 0) is 9.84 Å². The third-order valence-electron chi connectivity index (χ3n) is 2.25. The smallest absolute Gasteiger partial charge is 0.149 e. The molecule has 16 heavy (non-hydrogen) atoms. The van der Waals surface area contributed by atoms with Crippen LogP contribution in [0, 0.1) is 5.82 Å². The van der Waals surface area contributed by atoms with Crippen LogP contribution < -0.4 is 10.1 Å². The second kappa shape index (κ2) is 3.93. The van der Waals surface area contributed by atoms with Crippen LogP contribution in [-0.4, -0.2) is 33.1 Å². The van der Waals surface area contributed by atoms with Crippen LogP contribution in [0.4, 0.5) is 10.1 Å². The van der Waals surface area contributed by atoms with Crippen LogP contribution in [0.25, 0.3) is 0 Å². The first-order valence-corrected chi connectivity index (χ1v) is 6.87. The Morgan fingerprint density at radius 1 is 1.56 bits per heavy atom. The molecule has 1 heterocycles. The molecule has 0 saturated heterocycles. The standard InChI is InChI=1S/C10H12FNO3S/c1-16(13,14)6-8-5-15-10-4-7(11)2-3-9(10)12-8/h2-4,8,12H,5-6H2,1H3. The molecule has 1 unspecified atom stereocenters. The minimum absolute atomic E-state index is 0.00379. The average Bonchev–Trinajstić information content (AvgIpc) is 2.16. The van der Waals surface area contributed by atoms with Crippen LogP contribution in [0.1, 0.15) is 0 Å². The van der Waals surface area contributed by atoms with E-state index in [4.69, 9.17) is 4.74 Å². The summed E-state index contributed by atoms with van der Waals surface area (Å²) in [5, 5.41) is 3.01. The Morgan fingerprint density at radius 3 is 3.00 bits per heavy atom. The topological polar surface area (TPSA) is 55.4 Å². The largest absolute Gasteiger partial charge is 0.489 e. The van der Waals surface area contributed by atoms with Crippen molar-refractivity contribution in [3.05, 3.63) is 24.0 Å². The van der Waals surface area contributed by atoms with Crippen molar-refractivity contribution in [2.45, 2.75) is 6.04 Å². The zero-order valence-corrected chi connectivity index (χ0v) is 9.55. The fraction of sp³-hybridized carbons (Fsp3) is 0.400. The van der Waals surface area contributed by atoms with Gasteiger partial charge in [0.15, 0.2) is 0 Å². The molecule has 88 valence electrons. The van der Waals surface area contributed by atoms with Gasteiger partial charge in [-0.15, -0.1) is 0 Å². The monoisotopic (exact) mass is 245 g/mol. The summed E-state index contributed by atoms with van der Waals surface area (Å²) >= 11 is 0. The van der Waals surface area contributed by atoms with Crippen molar-refractivity contribution in [2.75, 3.05) is 23.9 Å². The SMILES string of the molecule is CS(=O)(=O)CC1COc2cc(F)ccc2N1. The van der Waals surface area contributed by atoms with Crippen molar-refractivity contribution < 1.29 is 17.5 Å². The molecular weight excluding hydrogens is 233 g/mol. The van der Waals surface area contributed by atoms with E-state index in [1.807, 2.05) is 0 Å². The minimum atomic E-state index is -3.05. The summed E-state index contributed by atoms with van der Waals surface area (Å²) in [6.07, 6.45) is 1.18. The van der Waals surface area contributed by atoms with Gasteiger partial charge in [0.1, 0.15) is 28.0 Å². The van der Waals surface area contributed by atoms with Gasteiger partial charge in [0.05, 0.1) is 17.5 Å². The summed E-state index contributed by atoms with van der Waals surface area (Å²) in [5.41, 5.74) is 0.626. The third kappa shape index (κ3) is 2.63. The first-order valence-electron chi connectivity index (χ1n) is 4.81. The van der Waals surface area contributed by atoms with Gasteiger partial charge in [-0.05, 0) is 12.1 Å². The van der Waals surface area contributed by atoms with E-state index in [2.05, 4.69) is 5.32 Å². The number of halogens is 1. The molecule has 6 heteroatoms. The lowest BCUT2D eigenvalue weighted by Gasteiger charge is -2.26. The Balaban J connectivity index is 2.15. The van der Waals surface area contributed by atoms with E-state index >= 15 is 0 Å². The van der Waals surface area contributed by atoms with Gasteiger partial charge >= 0.3 is 0 Å². The number of hydrogen-bond acceptors (Lipinski definition) is 4. The van der Waals surface area contributed by atoms with Gasteiger partial charge in [-0.25, -0.2) is 12.8 Å². The molecular formula is C10H12FNO3S. The molecule has 0 bridgehead atoms. The highest BCUT2D eigenvalue weighted by Crippen LogP contribution is 2.29. The Bertz CT molecular complexity index is 501. The molecule has 1 aliphatic rings. The molecule has 0 amide bonds. The Hall–Kier alpha value is -1.30. The zero-order chi connectivity index (χ0) is 11.8. The number of fused-ring (bicyclic) bond motifs is 1. The number of anilines is 1. The molecule has 1 atom stereocenters. The maximum Gasteiger partial charge on any atom is 0.149 e. The van der Waals surface area contributed by atoms with E-state index in [0.29, 0.717) is 11.4 Å². The van der Waals surface area contributed by atoms with Gasteiger partial charge in [-0.3, -0.25) is 0 Å². The quantitative estimate of drug-likeness (QED) is 0.846. The zero-order valence-electron chi connectivity index (χ0n) is 8.73. The average molecular weight is 245 g/mol. The molecule has 0 aromatic heterocycles. The second-order valence-corrected chi connectivity index (χ2v) is 6.07. The summed E-state index contributed by atoms with van der Waals surface area (Å²) in [7, 11) is -3.05. The van der Waals surface area contributed by atoms with E-state index < -0.39 is 9.84 Å². The number of ether oxygens (including phenoxy) is 1. The van der Waals surface area contributed by atoms with E-state index in [1.54, 1.807) is 6.07 Å². The molecule has 0 spiro atoms. The van der Waals surface area contributed by atoms with Crippen molar-refractivity contribution in [3.63, 3.8) is 0 Å². The molecule has 1 aromatic rings. The molecule has 0 radical (unpaired) electrons. The number of hydrogen-bond donors (Lipinski definition) is 1. The first-order chi connectivity index (χ1) is 7.44. The highest BCUT2D eigenvalue weighted by Gasteiger charge is 2.22. The van der Waals surface area contributed by atoms with Crippen molar-refractivity contribution in [1.82, 2.24) is 0 Å². The van der Waals surface area contributed by atoms with Crippen molar-refractivity contribution in [3.8, 4) is 5.75 Å². The normalized spacial score (nSPS) is 19.5. The number of sulfone groups is 1. The first kappa shape index (κ1) is 11.2. The lowest BCUT2D eigenvalue weighted by Crippen LogP contribution is -2.37. The summed E-state index contributed by atoms with van der Waals surface area (Å²) in [4.78, 5) is 0. The predicted molar refractivity (Wildman–Crippen MR) is 59.0 cm³/mol. The highest BCUT2D eigenvalue weighted by atomic mass is 32.2. The number of rotatable bonds is 2. The molecule has 0 fully saturated rings. The van der Waals surface area contributed by atoms with Crippen LogP contribution in [0.15, 0.2) is 18.2 Å². The maximum atomic E-state index is 12.9. The fourth-order valence-electron chi connectivity index (χ4n) is 1.64. The lowest BCUT2D eigenvalue weighted by atomic mass is 10.2. The van der Waals surface area contributed by atoms with Gasteiger partial charge in [0, 0.05) is 12.3 Å². The van der Waals surface area contributed by atoms with Crippen molar-refractivity contribution in [1.29, 1.82) is 0 Å². The number of nitrogens with one attached hydrogen (secondary N) is 1. The minimum Gasteiger partial charge on any atom is -0.489 e. The Morgan fingerprint density at radius 2 is 2.31 bits per heavy atom. The van der Waals surface area contributed by atoms with Gasteiger partial charge < -0.3 is 10.1 Å². The van der Waals surface area contributed by atoms with Crippen LogP contribution in [0.2, 0.25) is 0 Å². The van der Waals surface area contributed by atoms with Crippen molar-refractivity contribution >= 4 is 15.5 Å². The van der Waals surface area contributed by atoms with Gasteiger partial charge in [-0.1, -0.05) is 0 Å². The second-order valence-electron chi connectivity index (χ2n) is 3.89. The van der Waals surface area contributed by atoms with E-state index in [9.17, 15) is 12.8 Å². The number of benzene rings is 1. The Kier molecular flexibility index (Phi) is 2.75. The van der Waals surface area contributed by atoms with E-state index in [0.717, 1.165) is 0 Å². The molecule has 4 nitrogen and oxygen atoms in total. The van der Waals surface area contributed by atoms with Gasteiger partial charge in [0.2, 0.25) is 0 Å². The molecule has 0 aliphatic carbocycles. The molecule has 0 saturated carbocycles. The maximum absolute atomic E-state index is 12.9. The summed E-state index contributed by atoms with van der Waals surface area (Å²) < 4.78 is 40.4. The summed E-state index contributed by atoms with van der Waals surface area (Å²) in [6, 6.07) is 3.84. The summed E-state index contributed by atoms with van der Waals surface area (Å²) in [5.74, 6) is 0.0518. The van der Waals surface area contributed by atoms with Crippen LogP contribution in [0.3, 0.4) is 0 Å². The van der Waals surface area contributed by atoms with E-state index in [-0.39, 0.29) is 24.2 Å². The molecule has 2 rings (SSSR count). The van der Waals surface area contributed by atoms with Crippen LogP contribution >= 0.6 is 0 Å². The molecule has 1 aliphatic heterocycles. The van der Waals surface area contributed by atoms with Gasteiger partial charge in [-0.2, -0.15) is 0 Å². The third-order valence-corrected chi connectivity index (χ3v) is 3.26.